The van der Waals surface area contributed by atoms with E-state index in [-0.39, 0.29) is 0 Å². The van der Waals surface area contributed by atoms with Crippen molar-refractivity contribution in [2.75, 3.05) is 6.54 Å². The van der Waals surface area contributed by atoms with Crippen LogP contribution in [0.5, 0.6) is 0 Å². The van der Waals surface area contributed by atoms with E-state index in [0.717, 1.165) is 11.5 Å². The van der Waals surface area contributed by atoms with Crippen LogP contribution in [-0.4, -0.2) is 17.7 Å². The molecule has 2 nitrogen and oxygen atoms in total. The summed E-state index contributed by atoms with van der Waals surface area (Å²) in [5, 5.41) is 13.7. The topological polar surface area (TPSA) is 32.3 Å². The van der Waals surface area contributed by atoms with E-state index >= 15 is 0 Å². The first-order valence-corrected chi connectivity index (χ1v) is 7.06. The van der Waals surface area contributed by atoms with Gasteiger partial charge in [-0.3, -0.25) is 0 Å². The van der Waals surface area contributed by atoms with Crippen molar-refractivity contribution < 1.29 is 5.11 Å². The summed E-state index contributed by atoms with van der Waals surface area (Å²) in [5.74, 6) is 1.47. The number of aliphatic hydroxyl groups excluding tert-OH is 1. The lowest BCUT2D eigenvalue weighted by molar-refractivity contribution is 0.163. The first-order valence-electron chi connectivity index (χ1n) is 7.06. The first-order chi connectivity index (χ1) is 8.58. The lowest BCUT2D eigenvalue weighted by atomic mass is 9.99. The van der Waals surface area contributed by atoms with E-state index in [1.807, 2.05) is 12.1 Å². The van der Waals surface area contributed by atoms with Gasteiger partial charge in [0.1, 0.15) is 0 Å². The Labute approximate surface area is 110 Å². The maximum absolute atomic E-state index is 10.2. The molecule has 0 aliphatic heterocycles. The Morgan fingerprint density at radius 2 is 1.83 bits per heavy atom. The fourth-order valence-electron chi connectivity index (χ4n) is 2.56. The Kier molecular flexibility index (Phi) is 4.41. The van der Waals surface area contributed by atoms with Gasteiger partial charge in [-0.05, 0) is 37.2 Å². The molecule has 0 heterocycles. The van der Waals surface area contributed by atoms with Crippen LogP contribution in [0.3, 0.4) is 0 Å². The van der Waals surface area contributed by atoms with Crippen LogP contribution in [0.4, 0.5) is 0 Å². The lowest BCUT2D eigenvalue weighted by Crippen LogP contribution is -2.38. The average molecular weight is 247 g/mol. The van der Waals surface area contributed by atoms with Crippen LogP contribution >= 0.6 is 0 Å². The summed E-state index contributed by atoms with van der Waals surface area (Å²) in [5.41, 5.74) is 2.24. The van der Waals surface area contributed by atoms with Gasteiger partial charge in [-0.15, -0.1) is 0 Å². The highest BCUT2D eigenvalue weighted by molar-refractivity contribution is 5.23. The Balaban J connectivity index is 1.86. The fraction of sp³-hybridized carbons (Fsp3) is 0.625. The van der Waals surface area contributed by atoms with Crippen LogP contribution in [0.25, 0.3) is 0 Å². The standard InChI is InChI=1S/C16H25NO/c1-11(2)16(14-8-9-14)17-10-15(18)13-6-4-12(3)5-7-13/h4-7,11,14-18H,8-10H2,1-3H3. The first kappa shape index (κ1) is 13.6. The largest absolute Gasteiger partial charge is 0.387 e. The van der Waals surface area contributed by atoms with Gasteiger partial charge >= 0.3 is 0 Å². The number of hydrogen-bond acceptors (Lipinski definition) is 2. The Morgan fingerprint density at radius 1 is 1.22 bits per heavy atom. The van der Waals surface area contributed by atoms with Crippen molar-refractivity contribution in [3.63, 3.8) is 0 Å². The molecular formula is C16H25NO. The summed E-state index contributed by atoms with van der Waals surface area (Å²) in [6.45, 7) is 7.24. The van der Waals surface area contributed by atoms with Crippen molar-refractivity contribution in [1.29, 1.82) is 0 Å². The molecule has 2 heteroatoms. The molecule has 100 valence electrons. The van der Waals surface area contributed by atoms with Crippen LogP contribution in [-0.2, 0) is 0 Å². The second kappa shape index (κ2) is 5.85. The van der Waals surface area contributed by atoms with Crippen LogP contribution < -0.4 is 5.32 Å². The molecule has 1 aliphatic carbocycles. The van der Waals surface area contributed by atoms with Crippen molar-refractivity contribution in [3.8, 4) is 0 Å². The van der Waals surface area contributed by atoms with Crippen LogP contribution in [0.15, 0.2) is 24.3 Å². The highest BCUT2D eigenvalue weighted by atomic mass is 16.3. The summed E-state index contributed by atoms with van der Waals surface area (Å²) in [6, 6.07) is 8.70. The smallest absolute Gasteiger partial charge is 0.0914 e. The van der Waals surface area contributed by atoms with Gasteiger partial charge in [0, 0.05) is 12.6 Å². The van der Waals surface area contributed by atoms with Gasteiger partial charge in [-0.1, -0.05) is 43.7 Å². The quantitative estimate of drug-likeness (QED) is 0.810. The minimum Gasteiger partial charge on any atom is -0.387 e. The van der Waals surface area contributed by atoms with Crippen molar-refractivity contribution in [2.24, 2.45) is 11.8 Å². The Morgan fingerprint density at radius 3 is 2.33 bits per heavy atom. The molecule has 0 amide bonds. The van der Waals surface area contributed by atoms with Crippen LogP contribution in [0.2, 0.25) is 0 Å². The number of rotatable bonds is 6. The van der Waals surface area contributed by atoms with Gasteiger partial charge in [0.25, 0.3) is 0 Å². The Bertz CT molecular complexity index is 365. The molecule has 1 saturated carbocycles. The Hall–Kier alpha value is -0.860. The van der Waals surface area contributed by atoms with Crippen LogP contribution in [0.1, 0.15) is 43.9 Å². The predicted octanol–water partition coefficient (Wildman–Crippen LogP) is 3.05. The second-order valence-electron chi connectivity index (χ2n) is 5.94. The van der Waals surface area contributed by atoms with E-state index in [1.165, 1.54) is 18.4 Å². The molecule has 2 N–H and O–H groups in total. The lowest BCUT2D eigenvalue weighted by Gasteiger charge is -2.24. The summed E-state index contributed by atoms with van der Waals surface area (Å²) < 4.78 is 0. The molecule has 1 aromatic carbocycles. The molecular weight excluding hydrogens is 222 g/mol. The molecule has 0 spiro atoms. The average Bonchev–Trinajstić information content (AvgIpc) is 3.14. The molecule has 0 bridgehead atoms. The SMILES string of the molecule is Cc1ccc(C(O)CNC(C(C)C)C2CC2)cc1. The minimum atomic E-state index is -0.398. The summed E-state index contributed by atoms with van der Waals surface area (Å²) >= 11 is 0. The van der Waals surface area contributed by atoms with Gasteiger partial charge in [0.05, 0.1) is 6.10 Å². The molecule has 0 aromatic heterocycles. The molecule has 1 fully saturated rings. The molecule has 2 rings (SSSR count). The third-order valence-corrected chi connectivity index (χ3v) is 3.86. The highest BCUT2D eigenvalue weighted by Gasteiger charge is 2.32. The molecule has 0 radical (unpaired) electrons. The number of aliphatic hydroxyl groups is 1. The maximum Gasteiger partial charge on any atom is 0.0914 e. The monoisotopic (exact) mass is 247 g/mol. The number of aryl methyl sites for hydroxylation is 1. The number of hydrogen-bond donors (Lipinski definition) is 2. The van der Waals surface area contributed by atoms with Gasteiger partial charge in [-0.2, -0.15) is 0 Å². The number of benzene rings is 1. The minimum absolute atomic E-state index is 0.398. The molecule has 2 atom stereocenters. The molecule has 0 saturated heterocycles. The maximum atomic E-state index is 10.2. The van der Waals surface area contributed by atoms with Crippen molar-refractivity contribution in [2.45, 2.75) is 45.8 Å². The van der Waals surface area contributed by atoms with E-state index in [9.17, 15) is 5.11 Å². The molecule has 1 aromatic rings. The third-order valence-electron chi connectivity index (χ3n) is 3.86. The van der Waals surface area contributed by atoms with Gasteiger partial charge in [-0.25, -0.2) is 0 Å². The second-order valence-corrected chi connectivity index (χ2v) is 5.94. The predicted molar refractivity (Wildman–Crippen MR) is 75.5 cm³/mol. The summed E-state index contributed by atoms with van der Waals surface area (Å²) in [6.07, 6.45) is 2.29. The van der Waals surface area contributed by atoms with E-state index in [1.54, 1.807) is 0 Å². The van der Waals surface area contributed by atoms with E-state index in [4.69, 9.17) is 0 Å². The third kappa shape index (κ3) is 3.56. The molecule has 2 unspecified atom stereocenters. The van der Waals surface area contributed by atoms with E-state index < -0.39 is 6.10 Å². The molecule has 18 heavy (non-hydrogen) atoms. The van der Waals surface area contributed by atoms with Crippen molar-refractivity contribution in [1.82, 2.24) is 5.32 Å². The highest BCUT2D eigenvalue weighted by Crippen LogP contribution is 2.35. The number of nitrogens with one attached hydrogen (secondary N) is 1. The van der Waals surface area contributed by atoms with Gasteiger partial charge < -0.3 is 10.4 Å². The zero-order valence-corrected chi connectivity index (χ0v) is 11.7. The summed E-state index contributed by atoms with van der Waals surface area (Å²) in [4.78, 5) is 0. The van der Waals surface area contributed by atoms with Crippen LogP contribution in [0, 0.1) is 18.8 Å². The van der Waals surface area contributed by atoms with Gasteiger partial charge in [0.2, 0.25) is 0 Å². The van der Waals surface area contributed by atoms with Crippen molar-refractivity contribution in [3.05, 3.63) is 35.4 Å². The molecule has 1 aliphatic rings. The normalized spacial score (nSPS) is 18.9. The van der Waals surface area contributed by atoms with Gasteiger partial charge in [0.15, 0.2) is 0 Å². The van der Waals surface area contributed by atoms with Crippen molar-refractivity contribution >= 4 is 0 Å². The summed E-state index contributed by atoms with van der Waals surface area (Å²) in [7, 11) is 0. The fourth-order valence-corrected chi connectivity index (χ4v) is 2.56. The van der Waals surface area contributed by atoms with E-state index in [0.29, 0.717) is 18.5 Å². The van der Waals surface area contributed by atoms with E-state index in [2.05, 4.69) is 38.2 Å². The zero-order valence-electron chi connectivity index (χ0n) is 11.7. The zero-order chi connectivity index (χ0) is 13.1.